The molecule has 31 heavy (non-hydrogen) atoms. The Bertz CT molecular complexity index is 1260. The highest BCUT2D eigenvalue weighted by atomic mass is 35.5. The summed E-state index contributed by atoms with van der Waals surface area (Å²) in [5, 5.41) is 11.6. The maximum atomic E-state index is 12.3. The van der Waals surface area contributed by atoms with Crippen molar-refractivity contribution in [3.63, 3.8) is 0 Å². The number of amides is 2. The van der Waals surface area contributed by atoms with Crippen molar-refractivity contribution in [1.29, 1.82) is 0 Å². The number of urea groups is 1. The molecule has 2 aromatic heterocycles. The molecule has 0 atom stereocenters. The van der Waals surface area contributed by atoms with Gasteiger partial charge in [-0.05, 0) is 68.3 Å². The summed E-state index contributed by atoms with van der Waals surface area (Å²) in [5.41, 5.74) is 3.25. The third kappa shape index (κ3) is 4.98. The Balaban J connectivity index is 1.45. The van der Waals surface area contributed by atoms with Gasteiger partial charge in [0.25, 0.3) is 5.78 Å². The van der Waals surface area contributed by atoms with Gasteiger partial charge in [0.2, 0.25) is 0 Å². The van der Waals surface area contributed by atoms with Crippen LogP contribution in [0.1, 0.15) is 24.0 Å². The second kappa shape index (κ2) is 8.95. The fourth-order valence-electron chi connectivity index (χ4n) is 2.93. The number of aromatic nitrogens is 4. The highest BCUT2D eigenvalue weighted by Gasteiger charge is 2.11. The summed E-state index contributed by atoms with van der Waals surface area (Å²) < 4.78 is 1.76. The van der Waals surface area contributed by atoms with Crippen molar-refractivity contribution in [1.82, 2.24) is 19.6 Å². The quantitative estimate of drug-likeness (QED) is 0.376. The van der Waals surface area contributed by atoms with Gasteiger partial charge in [0.05, 0.1) is 0 Å². The molecule has 2 aromatic carbocycles. The van der Waals surface area contributed by atoms with Gasteiger partial charge in [-0.2, -0.15) is 9.50 Å². The van der Waals surface area contributed by atoms with E-state index in [2.05, 4.69) is 32.6 Å². The van der Waals surface area contributed by atoms with Crippen molar-refractivity contribution < 1.29 is 4.79 Å². The molecule has 0 fully saturated rings. The summed E-state index contributed by atoms with van der Waals surface area (Å²) in [7, 11) is 0. The predicted molar refractivity (Wildman–Crippen MR) is 124 cm³/mol. The molecule has 0 radical (unpaired) electrons. The first-order valence-electron chi connectivity index (χ1n) is 9.76. The van der Waals surface area contributed by atoms with E-state index in [-0.39, 0.29) is 6.03 Å². The summed E-state index contributed by atoms with van der Waals surface area (Å²) >= 11 is 7.68. The molecular formula is C22H21ClN6OS. The summed E-state index contributed by atoms with van der Waals surface area (Å²) in [6.45, 7) is 5.83. The number of rotatable bonds is 5. The molecule has 2 N–H and O–H groups in total. The van der Waals surface area contributed by atoms with Gasteiger partial charge in [0, 0.05) is 27.0 Å². The highest BCUT2D eigenvalue weighted by molar-refractivity contribution is 7.99. The molecule has 0 saturated heterocycles. The zero-order chi connectivity index (χ0) is 22.0. The summed E-state index contributed by atoms with van der Waals surface area (Å²) in [6, 6.07) is 14.7. The van der Waals surface area contributed by atoms with Crippen molar-refractivity contribution in [2.75, 3.05) is 10.6 Å². The molecular weight excluding hydrogens is 432 g/mol. The lowest BCUT2D eigenvalue weighted by molar-refractivity contribution is 0.262. The molecule has 0 spiro atoms. The maximum absolute atomic E-state index is 12.3. The number of carbonyl (C=O) groups excluding carboxylic acids is 1. The first-order valence-corrected chi connectivity index (χ1v) is 11.0. The topological polar surface area (TPSA) is 84.2 Å². The average molecular weight is 453 g/mol. The lowest BCUT2D eigenvalue weighted by atomic mass is 10.2. The van der Waals surface area contributed by atoms with Crippen LogP contribution in [0.5, 0.6) is 0 Å². The van der Waals surface area contributed by atoms with E-state index in [0.717, 1.165) is 27.6 Å². The molecule has 7 nitrogen and oxygen atoms in total. The minimum Gasteiger partial charge on any atom is -0.308 e. The molecule has 9 heteroatoms. The van der Waals surface area contributed by atoms with Crippen molar-refractivity contribution in [3.05, 3.63) is 70.6 Å². The van der Waals surface area contributed by atoms with Gasteiger partial charge in [0.1, 0.15) is 10.9 Å². The van der Waals surface area contributed by atoms with Gasteiger partial charge in [-0.3, -0.25) is 0 Å². The number of halogens is 1. The van der Waals surface area contributed by atoms with Crippen molar-refractivity contribution in [3.8, 4) is 0 Å². The molecule has 0 unspecified atom stereocenters. The molecule has 2 heterocycles. The van der Waals surface area contributed by atoms with Gasteiger partial charge < -0.3 is 10.6 Å². The molecule has 2 amide bonds. The number of benzene rings is 2. The Hall–Kier alpha value is -3.10. The second-order valence-corrected chi connectivity index (χ2v) is 8.48. The molecule has 0 aliphatic rings. The smallest absolute Gasteiger partial charge is 0.308 e. The van der Waals surface area contributed by atoms with E-state index < -0.39 is 0 Å². The lowest BCUT2D eigenvalue weighted by Gasteiger charge is -2.10. The number of anilines is 2. The summed E-state index contributed by atoms with van der Waals surface area (Å²) in [5.74, 6) is 1.29. The van der Waals surface area contributed by atoms with Crippen LogP contribution in [0.15, 0.2) is 58.5 Å². The van der Waals surface area contributed by atoms with E-state index in [1.54, 1.807) is 22.3 Å². The van der Waals surface area contributed by atoms with Crippen LogP contribution in [0, 0.1) is 13.8 Å². The largest absolute Gasteiger partial charge is 0.323 e. The Morgan fingerprint density at radius 2 is 1.74 bits per heavy atom. The number of aryl methyl sites for hydroxylation is 3. The van der Waals surface area contributed by atoms with Gasteiger partial charge in [-0.25, -0.2) is 9.78 Å². The van der Waals surface area contributed by atoms with E-state index in [1.807, 2.05) is 56.3 Å². The maximum Gasteiger partial charge on any atom is 0.323 e. The van der Waals surface area contributed by atoms with Gasteiger partial charge in [0.15, 0.2) is 0 Å². The van der Waals surface area contributed by atoms with Crippen LogP contribution in [0.2, 0.25) is 5.02 Å². The van der Waals surface area contributed by atoms with Crippen LogP contribution in [0.3, 0.4) is 0 Å². The fraction of sp³-hybridized carbons (Fsp3) is 0.182. The second-order valence-electron chi connectivity index (χ2n) is 6.98. The standard InChI is InChI=1S/C22H21ClN6OS/c1-4-15-12-20(29-21(25-15)24-14(3)28-29)31-18-9-7-16(8-10-18)26-22(30)27-17-6-5-13(2)19(23)11-17/h5-12H,4H2,1-3H3,(H2,26,27,30). The number of nitrogens with zero attached hydrogens (tertiary/aromatic N) is 4. The van der Waals surface area contributed by atoms with Crippen molar-refractivity contribution in [2.24, 2.45) is 0 Å². The number of fused-ring (bicyclic) bond motifs is 1. The van der Waals surface area contributed by atoms with Crippen LogP contribution < -0.4 is 10.6 Å². The molecule has 0 bridgehead atoms. The Kier molecular flexibility index (Phi) is 6.11. The zero-order valence-electron chi connectivity index (χ0n) is 17.3. The van der Waals surface area contributed by atoms with Crippen molar-refractivity contribution in [2.45, 2.75) is 37.1 Å². The third-order valence-corrected chi connectivity index (χ3v) is 5.98. The normalized spacial score (nSPS) is 11.0. The fourth-order valence-corrected chi connectivity index (χ4v) is 4.03. The number of hydrogen-bond acceptors (Lipinski definition) is 5. The first-order chi connectivity index (χ1) is 14.9. The minimum absolute atomic E-state index is 0.332. The van der Waals surface area contributed by atoms with Crippen LogP contribution >= 0.6 is 23.4 Å². The summed E-state index contributed by atoms with van der Waals surface area (Å²) in [6.07, 6.45) is 0.820. The van der Waals surface area contributed by atoms with Gasteiger partial charge in [-0.1, -0.05) is 36.4 Å². The minimum atomic E-state index is -0.332. The Morgan fingerprint density at radius 3 is 2.45 bits per heavy atom. The molecule has 0 aliphatic heterocycles. The molecule has 0 saturated carbocycles. The van der Waals surface area contributed by atoms with Crippen molar-refractivity contribution >= 4 is 46.5 Å². The number of nitrogens with one attached hydrogen (secondary N) is 2. The van der Waals surface area contributed by atoms with Crippen LogP contribution in [-0.4, -0.2) is 25.6 Å². The Labute approximate surface area is 189 Å². The van der Waals surface area contributed by atoms with Gasteiger partial charge in [-0.15, -0.1) is 5.10 Å². The Morgan fingerprint density at radius 1 is 1.03 bits per heavy atom. The van der Waals surface area contributed by atoms with E-state index in [9.17, 15) is 4.79 Å². The van der Waals surface area contributed by atoms with E-state index in [4.69, 9.17) is 11.6 Å². The molecule has 158 valence electrons. The van der Waals surface area contributed by atoms with E-state index in [1.165, 1.54) is 0 Å². The predicted octanol–water partition coefficient (Wildman–Crippen LogP) is 5.75. The van der Waals surface area contributed by atoms with Gasteiger partial charge >= 0.3 is 6.03 Å². The monoisotopic (exact) mass is 452 g/mol. The van der Waals surface area contributed by atoms with Crippen LogP contribution in [0.4, 0.5) is 16.2 Å². The zero-order valence-corrected chi connectivity index (χ0v) is 18.9. The third-order valence-electron chi connectivity index (χ3n) is 4.56. The van der Waals surface area contributed by atoms with Crippen LogP contribution in [0.25, 0.3) is 5.78 Å². The first kappa shape index (κ1) is 21.1. The molecule has 4 aromatic rings. The lowest BCUT2D eigenvalue weighted by Crippen LogP contribution is -2.19. The number of carbonyl (C=O) groups is 1. The van der Waals surface area contributed by atoms with E-state index in [0.29, 0.717) is 28.0 Å². The highest BCUT2D eigenvalue weighted by Crippen LogP contribution is 2.29. The number of hydrogen-bond donors (Lipinski definition) is 2. The average Bonchev–Trinajstić information content (AvgIpc) is 3.12. The van der Waals surface area contributed by atoms with Crippen LogP contribution in [-0.2, 0) is 6.42 Å². The molecule has 0 aliphatic carbocycles. The van der Waals surface area contributed by atoms with E-state index >= 15 is 0 Å². The molecule has 4 rings (SSSR count). The SMILES string of the molecule is CCc1cc(Sc2ccc(NC(=O)Nc3ccc(C)c(Cl)c3)cc2)n2nc(C)nc2n1. The summed E-state index contributed by atoms with van der Waals surface area (Å²) in [4.78, 5) is 22.2.